The van der Waals surface area contributed by atoms with Crippen molar-refractivity contribution in [2.24, 2.45) is 0 Å². The maximum Gasteiger partial charge on any atom is 0.387 e. The second-order valence-corrected chi connectivity index (χ2v) is 3.78. The SMILES string of the molecule is CCC(C)c1ccc(Cl)c(OC(F)F)c1. The van der Waals surface area contributed by atoms with E-state index in [4.69, 9.17) is 11.6 Å². The van der Waals surface area contributed by atoms with Crippen LogP contribution in [-0.4, -0.2) is 6.61 Å². The van der Waals surface area contributed by atoms with E-state index in [2.05, 4.69) is 4.74 Å². The quantitative estimate of drug-likeness (QED) is 0.748. The van der Waals surface area contributed by atoms with E-state index in [0.717, 1.165) is 12.0 Å². The van der Waals surface area contributed by atoms with Gasteiger partial charge in [-0.15, -0.1) is 0 Å². The summed E-state index contributed by atoms with van der Waals surface area (Å²) in [6.45, 7) is 1.22. The average molecular weight is 235 g/mol. The maximum absolute atomic E-state index is 12.0. The Labute approximate surface area is 93.0 Å². The van der Waals surface area contributed by atoms with Crippen LogP contribution in [0, 0.1) is 0 Å². The molecular weight excluding hydrogens is 222 g/mol. The Morgan fingerprint density at radius 2 is 2.07 bits per heavy atom. The molecule has 0 saturated heterocycles. The molecule has 0 aromatic heterocycles. The molecule has 0 N–H and O–H groups in total. The molecule has 0 radical (unpaired) electrons. The van der Waals surface area contributed by atoms with Crippen LogP contribution in [0.5, 0.6) is 5.75 Å². The first-order chi connectivity index (χ1) is 7.04. The van der Waals surface area contributed by atoms with Gasteiger partial charge < -0.3 is 4.74 Å². The van der Waals surface area contributed by atoms with E-state index in [1.54, 1.807) is 12.1 Å². The fourth-order valence-corrected chi connectivity index (χ4v) is 1.41. The van der Waals surface area contributed by atoms with E-state index in [9.17, 15) is 8.78 Å². The summed E-state index contributed by atoms with van der Waals surface area (Å²) in [5.41, 5.74) is 0.956. The van der Waals surface area contributed by atoms with Crippen molar-refractivity contribution in [3.8, 4) is 5.75 Å². The Kier molecular flexibility index (Phi) is 4.33. The van der Waals surface area contributed by atoms with Crippen LogP contribution in [0.15, 0.2) is 18.2 Å². The van der Waals surface area contributed by atoms with Gasteiger partial charge in [0.2, 0.25) is 0 Å². The standard InChI is InChI=1S/C11H13ClF2O/c1-3-7(2)8-4-5-9(12)10(6-8)15-11(13)14/h4-7,11H,3H2,1-2H3. The minimum absolute atomic E-state index is 0.0458. The van der Waals surface area contributed by atoms with Crippen LogP contribution in [0.4, 0.5) is 8.78 Å². The predicted octanol–water partition coefficient (Wildman–Crippen LogP) is 4.45. The third-order valence-corrected chi connectivity index (χ3v) is 2.66. The third kappa shape index (κ3) is 3.34. The fourth-order valence-electron chi connectivity index (χ4n) is 1.25. The van der Waals surface area contributed by atoms with Crippen molar-refractivity contribution in [3.63, 3.8) is 0 Å². The molecule has 0 bridgehead atoms. The minimum Gasteiger partial charge on any atom is -0.433 e. The summed E-state index contributed by atoms with van der Waals surface area (Å²) in [7, 11) is 0. The summed E-state index contributed by atoms with van der Waals surface area (Å²) in [5, 5.41) is 0.211. The molecule has 1 unspecified atom stereocenters. The Balaban J connectivity index is 2.94. The van der Waals surface area contributed by atoms with Crippen molar-refractivity contribution < 1.29 is 13.5 Å². The molecule has 0 heterocycles. The van der Waals surface area contributed by atoms with Crippen LogP contribution in [0.25, 0.3) is 0 Å². The van der Waals surface area contributed by atoms with Gasteiger partial charge in [0.25, 0.3) is 0 Å². The zero-order valence-electron chi connectivity index (χ0n) is 8.64. The monoisotopic (exact) mass is 234 g/mol. The van der Waals surface area contributed by atoms with Crippen molar-refractivity contribution in [2.75, 3.05) is 0 Å². The van der Waals surface area contributed by atoms with Crippen LogP contribution in [-0.2, 0) is 0 Å². The van der Waals surface area contributed by atoms with E-state index in [1.165, 1.54) is 0 Å². The second-order valence-electron chi connectivity index (χ2n) is 3.38. The van der Waals surface area contributed by atoms with Gasteiger partial charge in [0.1, 0.15) is 5.75 Å². The van der Waals surface area contributed by atoms with Crippen LogP contribution < -0.4 is 4.74 Å². The molecule has 84 valence electrons. The highest BCUT2D eigenvalue weighted by atomic mass is 35.5. The van der Waals surface area contributed by atoms with Crippen molar-refractivity contribution in [1.82, 2.24) is 0 Å². The molecule has 0 saturated carbocycles. The van der Waals surface area contributed by atoms with Crippen molar-refractivity contribution in [3.05, 3.63) is 28.8 Å². The summed E-state index contributed by atoms with van der Waals surface area (Å²) >= 11 is 5.73. The fraction of sp³-hybridized carbons (Fsp3) is 0.455. The van der Waals surface area contributed by atoms with E-state index in [1.807, 2.05) is 19.9 Å². The number of hydrogen-bond acceptors (Lipinski definition) is 1. The van der Waals surface area contributed by atoms with Gasteiger partial charge in [-0.05, 0) is 30.0 Å². The van der Waals surface area contributed by atoms with Gasteiger partial charge in [0, 0.05) is 0 Å². The Morgan fingerprint density at radius 1 is 1.40 bits per heavy atom. The van der Waals surface area contributed by atoms with E-state index >= 15 is 0 Å². The zero-order valence-corrected chi connectivity index (χ0v) is 9.39. The summed E-state index contributed by atoms with van der Waals surface area (Å²) in [5.74, 6) is 0.353. The van der Waals surface area contributed by atoms with Crippen molar-refractivity contribution in [1.29, 1.82) is 0 Å². The van der Waals surface area contributed by atoms with Crippen LogP contribution in [0.3, 0.4) is 0 Å². The number of benzene rings is 1. The molecule has 1 atom stereocenters. The molecule has 1 aromatic rings. The number of halogens is 3. The van der Waals surface area contributed by atoms with E-state index in [0.29, 0.717) is 5.92 Å². The van der Waals surface area contributed by atoms with Gasteiger partial charge in [0.15, 0.2) is 0 Å². The molecular formula is C11H13ClF2O. The van der Waals surface area contributed by atoms with Crippen molar-refractivity contribution in [2.45, 2.75) is 32.8 Å². The molecule has 15 heavy (non-hydrogen) atoms. The molecule has 4 heteroatoms. The van der Waals surface area contributed by atoms with Gasteiger partial charge in [-0.2, -0.15) is 8.78 Å². The van der Waals surface area contributed by atoms with Gasteiger partial charge >= 0.3 is 6.61 Å². The molecule has 0 fully saturated rings. The first kappa shape index (κ1) is 12.2. The summed E-state index contributed by atoms with van der Waals surface area (Å²) in [6, 6.07) is 4.98. The highest BCUT2D eigenvalue weighted by Gasteiger charge is 2.11. The first-order valence-electron chi connectivity index (χ1n) is 4.78. The van der Waals surface area contributed by atoms with Crippen LogP contribution >= 0.6 is 11.6 Å². The number of alkyl halides is 2. The van der Waals surface area contributed by atoms with Gasteiger partial charge in [0.05, 0.1) is 5.02 Å². The summed E-state index contributed by atoms with van der Waals surface area (Å²) in [6.07, 6.45) is 0.940. The number of hydrogen-bond donors (Lipinski definition) is 0. The maximum atomic E-state index is 12.0. The predicted molar refractivity (Wildman–Crippen MR) is 56.8 cm³/mol. The molecule has 0 aliphatic carbocycles. The van der Waals surface area contributed by atoms with Gasteiger partial charge in [-0.25, -0.2) is 0 Å². The smallest absolute Gasteiger partial charge is 0.387 e. The Hall–Kier alpha value is -0.830. The molecule has 0 spiro atoms. The number of rotatable bonds is 4. The lowest BCUT2D eigenvalue weighted by Gasteiger charge is -2.12. The lowest BCUT2D eigenvalue weighted by molar-refractivity contribution is -0.0498. The van der Waals surface area contributed by atoms with E-state index in [-0.39, 0.29) is 10.8 Å². The highest BCUT2D eigenvalue weighted by molar-refractivity contribution is 6.32. The average Bonchev–Trinajstić information content (AvgIpc) is 2.19. The summed E-state index contributed by atoms with van der Waals surface area (Å²) in [4.78, 5) is 0. The molecule has 1 aromatic carbocycles. The second kappa shape index (κ2) is 5.31. The number of ether oxygens (including phenoxy) is 1. The molecule has 0 amide bonds. The van der Waals surface area contributed by atoms with Gasteiger partial charge in [-0.3, -0.25) is 0 Å². The van der Waals surface area contributed by atoms with Gasteiger partial charge in [-0.1, -0.05) is 31.5 Å². The topological polar surface area (TPSA) is 9.23 Å². The largest absolute Gasteiger partial charge is 0.433 e. The third-order valence-electron chi connectivity index (χ3n) is 2.35. The van der Waals surface area contributed by atoms with E-state index < -0.39 is 6.61 Å². The van der Waals surface area contributed by atoms with Crippen LogP contribution in [0.1, 0.15) is 31.7 Å². The normalized spacial score (nSPS) is 12.9. The Bertz CT molecular complexity index is 328. The molecule has 1 rings (SSSR count). The molecule has 0 aliphatic rings. The molecule has 0 aliphatic heterocycles. The minimum atomic E-state index is -2.84. The lowest BCUT2D eigenvalue weighted by atomic mass is 9.99. The first-order valence-corrected chi connectivity index (χ1v) is 5.16. The van der Waals surface area contributed by atoms with Crippen molar-refractivity contribution >= 4 is 11.6 Å². The summed E-state index contributed by atoms with van der Waals surface area (Å²) < 4.78 is 28.4. The lowest BCUT2D eigenvalue weighted by Crippen LogP contribution is -2.03. The highest BCUT2D eigenvalue weighted by Crippen LogP contribution is 2.30. The molecule has 1 nitrogen and oxygen atoms in total. The Morgan fingerprint density at radius 3 is 2.60 bits per heavy atom. The zero-order chi connectivity index (χ0) is 11.4. The van der Waals surface area contributed by atoms with Crippen LogP contribution in [0.2, 0.25) is 5.02 Å².